The second-order valence-corrected chi connectivity index (χ2v) is 6.96. The minimum atomic E-state index is -0.200. The Hall–Kier alpha value is -2.82. The largest absolute Gasteiger partial charge is 0.489 e. The smallest absolute Gasteiger partial charge is 0.244 e. The molecule has 0 unspecified atom stereocenters. The minimum absolute atomic E-state index is 0.200. The van der Waals surface area contributed by atoms with E-state index >= 15 is 0 Å². The van der Waals surface area contributed by atoms with Gasteiger partial charge in [-0.25, -0.2) is 5.43 Å². The van der Waals surface area contributed by atoms with Crippen LogP contribution in [0, 0.1) is 0 Å². The molecular weight excluding hydrogens is 395 g/mol. The predicted molar refractivity (Wildman–Crippen MR) is 113 cm³/mol. The highest BCUT2D eigenvalue weighted by molar-refractivity contribution is 6.30. The molecule has 4 nitrogen and oxygen atoms in total. The van der Waals surface area contributed by atoms with Gasteiger partial charge in [-0.15, -0.1) is 0 Å². The molecular formula is C22H18Cl2N2O2. The number of hydrogen-bond donors (Lipinski definition) is 1. The Morgan fingerprint density at radius 3 is 2.25 bits per heavy atom. The summed E-state index contributed by atoms with van der Waals surface area (Å²) in [6.45, 7) is 0.440. The molecule has 3 aromatic rings. The molecule has 0 fully saturated rings. The van der Waals surface area contributed by atoms with Gasteiger partial charge in [-0.1, -0.05) is 59.6 Å². The summed E-state index contributed by atoms with van der Waals surface area (Å²) >= 11 is 11.7. The van der Waals surface area contributed by atoms with E-state index in [1.807, 2.05) is 60.7 Å². The van der Waals surface area contributed by atoms with Gasteiger partial charge in [-0.2, -0.15) is 5.10 Å². The number of carbonyl (C=O) groups is 1. The maximum Gasteiger partial charge on any atom is 0.244 e. The third-order valence-corrected chi connectivity index (χ3v) is 4.36. The van der Waals surface area contributed by atoms with Crippen LogP contribution < -0.4 is 10.2 Å². The Labute approximate surface area is 173 Å². The molecule has 0 aliphatic rings. The van der Waals surface area contributed by atoms with E-state index in [1.165, 1.54) is 0 Å². The molecule has 142 valence electrons. The van der Waals surface area contributed by atoms with Gasteiger partial charge in [0.2, 0.25) is 5.91 Å². The van der Waals surface area contributed by atoms with Crippen LogP contribution in [0.2, 0.25) is 10.0 Å². The Morgan fingerprint density at radius 1 is 0.929 bits per heavy atom. The molecule has 0 radical (unpaired) electrons. The normalized spacial score (nSPS) is 10.8. The summed E-state index contributed by atoms with van der Waals surface area (Å²) in [5.74, 6) is 0.514. The zero-order chi connectivity index (χ0) is 19.8. The monoisotopic (exact) mass is 412 g/mol. The molecule has 0 atom stereocenters. The molecule has 0 spiro atoms. The van der Waals surface area contributed by atoms with Crippen LogP contribution in [0.1, 0.15) is 16.7 Å². The van der Waals surface area contributed by atoms with Crippen LogP contribution in [-0.4, -0.2) is 12.1 Å². The van der Waals surface area contributed by atoms with Crippen LogP contribution >= 0.6 is 23.2 Å². The number of rotatable bonds is 7. The van der Waals surface area contributed by atoms with E-state index in [1.54, 1.807) is 18.3 Å². The summed E-state index contributed by atoms with van der Waals surface area (Å²) in [6.07, 6.45) is 1.81. The number of halogens is 2. The van der Waals surface area contributed by atoms with Gasteiger partial charge in [0.05, 0.1) is 12.6 Å². The zero-order valence-corrected chi connectivity index (χ0v) is 16.5. The Morgan fingerprint density at radius 2 is 1.57 bits per heavy atom. The molecule has 28 heavy (non-hydrogen) atoms. The maximum absolute atomic E-state index is 11.9. The fourth-order valence-corrected chi connectivity index (χ4v) is 2.69. The third kappa shape index (κ3) is 6.41. The molecule has 3 aromatic carbocycles. The van der Waals surface area contributed by atoms with Gasteiger partial charge in [0.1, 0.15) is 12.4 Å². The molecule has 0 saturated carbocycles. The lowest BCUT2D eigenvalue weighted by atomic mass is 10.1. The fraction of sp³-hybridized carbons (Fsp3) is 0.0909. The van der Waals surface area contributed by atoms with Gasteiger partial charge in [0.15, 0.2) is 0 Å². The van der Waals surface area contributed by atoms with Crippen LogP contribution in [0.5, 0.6) is 5.75 Å². The molecule has 0 aromatic heterocycles. The second-order valence-electron chi connectivity index (χ2n) is 6.08. The molecule has 0 heterocycles. The third-order valence-electron chi connectivity index (χ3n) is 3.86. The number of nitrogens with one attached hydrogen (secondary N) is 1. The van der Waals surface area contributed by atoms with Crippen molar-refractivity contribution in [2.45, 2.75) is 13.0 Å². The molecule has 1 amide bonds. The van der Waals surface area contributed by atoms with E-state index < -0.39 is 0 Å². The summed E-state index contributed by atoms with van der Waals surface area (Å²) in [5.41, 5.74) is 5.24. The minimum Gasteiger partial charge on any atom is -0.489 e. The Balaban J connectivity index is 1.51. The van der Waals surface area contributed by atoms with Gasteiger partial charge >= 0.3 is 0 Å². The van der Waals surface area contributed by atoms with E-state index in [0.29, 0.717) is 22.4 Å². The summed E-state index contributed by atoms with van der Waals surface area (Å²) in [5, 5.41) is 5.34. The lowest BCUT2D eigenvalue weighted by molar-refractivity contribution is -0.120. The van der Waals surface area contributed by atoms with E-state index in [4.69, 9.17) is 27.9 Å². The van der Waals surface area contributed by atoms with E-state index in [0.717, 1.165) is 16.7 Å². The highest BCUT2D eigenvalue weighted by Crippen LogP contribution is 2.16. The van der Waals surface area contributed by atoms with Crippen molar-refractivity contribution >= 4 is 35.3 Å². The van der Waals surface area contributed by atoms with Crippen LogP contribution in [0.4, 0.5) is 0 Å². The lowest BCUT2D eigenvalue weighted by Crippen LogP contribution is -2.19. The molecule has 1 N–H and O–H groups in total. The number of hydrazone groups is 1. The number of ether oxygens (including phenoxy) is 1. The topological polar surface area (TPSA) is 50.7 Å². The SMILES string of the molecule is O=C(Cc1ccc(Cl)cc1)N/N=C\c1cccc(OCc2ccc(Cl)cc2)c1. The molecule has 0 bridgehead atoms. The summed E-state index contributed by atoms with van der Waals surface area (Å²) in [4.78, 5) is 11.9. The van der Waals surface area contributed by atoms with Crippen molar-refractivity contribution in [2.24, 2.45) is 5.10 Å². The first-order valence-electron chi connectivity index (χ1n) is 8.62. The van der Waals surface area contributed by atoms with E-state index in [-0.39, 0.29) is 12.3 Å². The average molecular weight is 413 g/mol. The number of benzene rings is 3. The van der Waals surface area contributed by atoms with Gasteiger partial charge in [0, 0.05) is 10.0 Å². The second kappa shape index (κ2) is 9.93. The van der Waals surface area contributed by atoms with Gasteiger partial charge in [-0.3, -0.25) is 4.79 Å². The average Bonchev–Trinajstić information content (AvgIpc) is 2.70. The lowest BCUT2D eigenvalue weighted by Gasteiger charge is -2.07. The predicted octanol–water partition coefficient (Wildman–Crippen LogP) is 5.27. The molecule has 6 heteroatoms. The van der Waals surface area contributed by atoms with Crippen molar-refractivity contribution < 1.29 is 9.53 Å². The first-order chi connectivity index (χ1) is 13.6. The van der Waals surface area contributed by atoms with E-state index in [9.17, 15) is 4.79 Å². The summed E-state index contributed by atoms with van der Waals surface area (Å²) in [6, 6.07) is 22.1. The van der Waals surface area contributed by atoms with Gasteiger partial charge in [-0.05, 0) is 53.1 Å². The number of hydrogen-bond acceptors (Lipinski definition) is 3. The highest BCUT2D eigenvalue weighted by Gasteiger charge is 2.02. The number of amides is 1. The molecule has 3 rings (SSSR count). The van der Waals surface area contributed by atoms with Crippen LogP contribution in [-0.2, 0) is 17.8 Å². The first kappa shape index (κ1) is 19.9. The number of nitrogens with zero attached hydrogens (tertiary/aromatic N) is 1. The maximum atomic E-state index is 11.9. The molecule has 0 saturated heterocycles. The molecule has 0 aliphatic heterocycles. The molecule has 0 aliphatic carbocycles. The van der Waals surface area contributed by atoms with Crippen molar-refractivity contribution in [1.29, 1.82) is 0 Å². The zero-order valence-electron chi connectivity index (χ0n) is 14.9. The first-order valence-corrected chi connectivity index (χ1v) is 9.38. The van der Waals surface area contributed by atoms with Crippen LogP contribution in [0.25, 0.3) is 0 Å². The van der Waals surface area contributed by atoms with Crippen LogP contribution in [0.15, 0.2) is 77.9 Å². The van der Waals surface area contributed by atoms with Gasteiger partial charge in [0.25, 0.3) is 0 Å². The van der Waals surface area contributed by atoms with Crippen molar-refractivity contribution in [3.05, 3.63) is 99.5 Å². The highest BCUT2D eigenvalue weighted by atomic mass is 35.5. The van der Waals surface area contributed by atoms with E-state index in [2.05, 4.69) is 10.5 Å². The fourth-order valence-electron chi connectivity index (χ4n) is 2.44. The Bertz CT molecular complexity index is 955. The van der Waals surface area contributed by atoms with Gasteiger partial charge < -0.3 is 4.74 Å². The summed E-state index contributed by atoms with van der Waals surface area (Å²) in [7, 11) is 0. The van der Waals surface area contributed by atoms with Crippen molar-refractivity contribution in [2.75, 3.05) is 0 Å². The van der Waals surface area contributed by atoms with Crippen molar-refractivity contribution in [1.82, 2.24) is 5.43 Å². The quantitative estimate of drug-likeness (QED) is 0.424. The number of carbonyl (C=O) groups excluding carboxylic acids is 1. The summed E-state index contributed by atoms with van der Waals surface area (Å²) < 4.78 is 5.79. The Kier molecular flexibility index (Phi) is 7.06. The van der Waals surface area contributed by atoms with Crippen molar-refractivity contribution in [3.8, 4) is 5.75 Å². The standard InChI is InChI=1S/C22H18Cl2N2O2/c23-19-8-4-16(5-9-19)13-22(27)26-25-14-18-2-1-3-21(12-18)28-15-17-6-10-20(24)11-7-17/h1-12,14H,13,15H2,(H,26,27)/b25-14-. The van der Waals surface area contributed by atoms with Crippen LogP contribution in [0.3, 0.4) is 0 Å². The van der Waals surface area contributed by atoms with Crippen molar-refractivity contribution in [3.63, 3.8) is 0 Å².